The Bertz CT molecular complexity index is 477. The molecule has 1 aliphatic carbocycles. The van der Waals surface area contributed by atoms with Crippen LogP contribution in [0.15, 0.2) is 6.33 Å². The van der Waals surface area contributed by atoms with Gasteiger partial charge in [-0.2, -0.15) is 0 Å². The monoisotopic (exact) mass is 291 g/mol. The van der Waals surface area contributed by atoms with Gasteiger partial charge in [0.2, 0.25) is 0 Å². The summed E-state index contributed by atoms with van der Waals surface area (Å²) in [7, 11) is 0. The minimum Gasteiger partial charge on any atom is -0.481 e. The molecular weight excluding hydrogens is 266 g/mol. The zero-order chi connectivity index (χ0) is 15.1. The Morgan fingerprint density at radius 3 is 2.90 bits per heavy atom. The number of carbonyl (C=O) groups is 1. The van der Waals surface area contributed by atoms with E-state index in [-0.39, 0.29) is 6.42 Å². The van der Waals surface area contributed by atoms with Crippen molar-refractivity contribution in [2.45, 2.75) is 58.3 Å². The number of hydrogen-bond acceptors (Lipinski definition) is 4. The van der Waals surface area contributed by atoms with Crippen LogP contribution in [0.3, 0.4) is 0 Å². The van der Waals surface area contributed by atoms with Crippen LogP contribution in [0.1, 0.15) is 56.7 Å². The van der Waals surface area contributed by atoms with Gasteiger partial charge in [-0.15, -0.1) is 0 Å². The average molecular weight is 291 g/mol. The van der Waals surface area contributed by atoms with Crippen LogP contribution in [0, 0.1) is 5.92 Å². The highest BCUT2D eigenvalue weighted by atomic mass is 16.4. The zero-order valence-corrected chi connectivity index (χ0v) is 12.8. The van der Waals surface area contributed by atoms with Crippen molar-refractivity contribution in [3.8, 4) is 0 Å². The van der Waals surface area contributed by atoms with E-state index >= 15 is 0 Å². The van der Waals surface area contributed by atoms with Crippen LogP contribution in [-0.2, 0) is 17.6 Å². The third-order valence-corrected chi connectivity index (χ3v) is 4.16. The molecule has 0 saturated carbocycles. The van der Waals surface area contributed by atoms with Crippen LogP contribution in [0.5, 0.6) is 0 Å². The molecule has 116 valence electrons. The molecule has 2 N–H and O–H groups in total. The molecule has 0 bridgehead atoms. The van der Waals surface area contributed by atoms with Gasteiger partial charge < -0.3 is 10.4 Å². The summed E-state index contributed by atoms with van der Waals surface area (Å²) < 4.78 is 0. The molecule has 2 rings (SSSR count). The number of hydrogen-bond donors (Lipinski definition) is 2. The fourth-order valence-corrected chi connectivity index (χ4v) is 2.80. The summed E-state index contributed by atoms with van der Waals surface area (Å²) in [6.07, 6.45) is 9.42. The molecule has 1 aromatic heterocycles. The van der Waals surface area contributed by atoms with Gasteiger partial charge in [0.05, 0.1) is 0 Å². The number of fused-ring (bicyclic) bond motifs is 1. The molecule has 0 saturated heterocycles. The van der Waals surface area contributed by atoms with E-state index in [0.29, 0.717) is 5.92 Å². The van der Waals surface area contributed by atoms with Crippen LogP contribution >= 0.6 is 0 Å². The largest absolute Gasteiger partial charge is 0.481 e. The molecule has 0 fully saturated rings. The molecule has 1 heterocycles. The van der Waals surface area contributed by atoms with E-state index in [1.807, 2.05) is 0 Å². The highest BCUT2D eigenvalue weighted by Crippen LogP contribution is 2.24. The van der Waals surface area contributed by atoms with Crippen LogP contribution in [0.4, 0.5) is 5.82 Å². The van der Waals surface area contributed by atoms with E-state index in [1.165, 1.54) is 30.5 Å². The van der Waals surface area contributed by atoms with Crippen molar-refractivity contribution in [3.63, 3.8) is 0 Å². The summed E-state index contributed by atoms with van der Waals surface area (Å²) in [4.78, 5) is 19.4. The lowest BCUT2D eigenvalue weighted by molar-refractivity contribution is -0.137. The van der Waals surface area contributed by atoms with E-state index in [4.69, 9.17) is 5.11 Å². The third-order valence-electron chi connectivity index (χ3n) is 4.16. The summed E-state index contributed by atoms with van der Waals surface area (Å²) in [5.74, 6) is 0.678. The van der Waals surface area contributed by atoms with Gasteiger partial charge in [-0.05, 0) is 44.4 Å². The van der Waals surface area contributed by atoms with E-state index < -0.39 is 5.97 Å². The van der Waals surface area contributed by atoms with E-state index in [0.717, 1.165) is 38.0 Å². The second kappa shape index (κ2) is 7.96. The zero-order valence-electron chi connectivity index (χ0n) is 12.8. The summed E-state index contributed by atoms with van der Waals surface area (Å²) in [6.45, 7) is 2.94. The molecular formula is C16H25N3O2. The number of aryl methyl sites for hydroxylation is 1. The molecule has 0 radical (unpaired) electrons. The van der Waals surface area contributed by atoms with Gasteiger partial charge in [-0.1, -0.05) is 13.3 Å². The summed E-state index contributed by atoms with van der Waals surface area (Å²) >= 11 is 0. The Balaban J connectivity index is 1.84. The molecule has 1 unspecified atom stereocenters. The lowest BCUT2D eigenvalue weighted by Crippen LogP contribution is -2.12. The van der Waals surface area contributed by atoms with E-state index in [9.17, 15) is 4.79 Å². The average Bonchev–Trinajstić information content (AvgIpc) is 2.71. The second-order valence-electron chi connectivity index (χ2n) is 5.96. The van der Waals surface area contributed by atoms with Crippen molar-refractivity contribution in [3.05, 3.63) is 17.6 Å². The highest BCUT2D eigenvalue weighted by Gasteiger charge is 2.14. The van der Waals surface area contributed by atoms with Crippen LogP contribution in [0.2, 0.25) is 0 Å². The Morgan fingerprint density at radius 2 is 2.10 bits per heavy atom. The van der Waals surface area contributed by atoms with Gasteiger partial charge in [0.1, 0.15) is 12.1 Å². The maximum Gasteiger partial charge on any atom is 0.303 e. The fourth-order valence-electron chi connectivity index (χ4n) is 2.80. The van der Waals surface area contributed by atoms with Gasteiger partial charge in [-0.3, -0.25) is 4.79 Å². The quantitative estimate of drug-likeness (QED) is 0.755. The van der Waals surface area contributed by atoms with Gasteiger partial charge in [0.15, 0.2) is 0 Å². The lowest BCUT2D eigenvalue weighted by Gasteiger charge is -2.14. The first kappa shape index (κ1) is 15.7. The topological polar surface area (TPSA) is 75.1 Å². The number of carboxylic acid groups (broad SMARTS) is 1. The molecule has 0 aliphatic heterocycles. The summed E-state index contributed by atoms with van der Waals surface area (Å²) in [5, 5.41) is 12.1. The first-order chi connectivity index (χ1) is 10.2. The standard InChI is InChI=1S/C16H25N3O2/c1-12(7-8-15(20)21)9-10-17-16-13-5-3-2-4-6-14(13)18-11-19-16/h11-12H,2-10H2,1H3,(H,20,21)(H,17,18,19). The molecule has 5 nitrogen and oxygen atoms in total. The maximum atomic E-state index is 10.6. The van der Waals surface area contributed by atoms with Crippen LogP contribution in [0.25, 0.3) is 0 Å². The molecule has 0 spiro atoms. The summed E-state index contributed by atoms with van der Waals surface area (Å²) in [6, 6.07) is 0. The number of aliphatic carboxylic acids is 1. The number of nitrogens with one attached hydrogen (secondary N) is 1. The molecule has 21 heavy (non-hydrogen) atoms. The lowest BCUT2D eigenvalue weighted by atomic mass is 10.0. The molecule has 5 heteroatoms. The molecule has 1 aromatic rings. The number of aromatic nitrogens is 2. The second-order valence-corrected chi connectivity index (χ2v) is 5.96. The first-order valence-electron chi connectivity index (χ1n) is 7.95. The SMILES string of the molecule is CC(CCNc1ncnc2c1CCCCC2)CCC(=O)O. The Hall–Kier alpha value is -1.65. The normalized spacial score (nSPS) is 15.9. The fraction of sp³-hybridized carbons (Fsp3) is 0.688. The maximum absolute atomic E-state index is 10.6. The number of rotatable bonds is 7. The van der Waals surface area contributed by atoms with Crippen LogP contribution < -0.4 is 5.32 Å². The Morgan fingerprint density at radius 1 is 1.29 bits per heavy atom. The van der Waals surface area contributed by atoms with Crippen molar-refractivity contribution in [1.82, 2.24) is 9.97 Å². The minimum atomic E-state index is -0.712. The molecule has 1 atom stereocenters. The van der Waals surface area contributed by atoms with Crippen molar-refractivity contribution in [2.75, 3.05) is 11.9 Å². The molecule has 0 aromatic carbocycles. The van der Waals surface area contributed by atoms with Crippen molar-refractivity contribution in [2.24, 2.45) is 5.92 Å². The van der Waals surface area contributed by atoms with Crippen LogP contribution in [-0.4, -0.2) is 27.6 Å². The van der Waals surface area contributed by atoms with E-state index in [1.54, 1.807) is 6.33 Å². The smallest absolute Gasteiger partial charge is 0.303 e. The highest BCUT2D eigenvalue weighted by molar-refractivity contribution is 5.66. The van der Waals surface area contributed by atoms with Gasteiger partial charge >= 0.3 is 5.97 Å². The predicted octanol–water partition coefficient (Wildman–Crippen LogP) is 3.05. The van der Waals surface area contributed by atoms with Gasteiger partial charge in [0, 0.05) is 24.2 Å². The predicted molar refractivity (Wildman–Crippen MR) is 82.4 cm³/mol. The van der Waals surface area contributed by atoms with Crippen molar-refractivity contribution >= 4 is 11.8 Å². The van der Waals surface area contributed by atoms with E-state index in [2.05, 4.69) is 22.2 Å². The molecule has 1 aliphatic rings. The van der Waals surface area contributed by atoms with Gasteiger partial charge in [0.25, 0.3) is 0 Å². The Kier molecular flexibility index (Phi) is 5.96. The number of nitrogens with zero attached hydrogens (tertiary/aromatic N) is 2. The van der Waals surface area contributed by atoms with Gasteiger partial charge in [-0.25, -0.2) is 9.97 Å². The van der Waals surface area contributed by atoms with Crippen molar-refractivity contribution < 1.29 is 9.90 Å². The number of carboxylic acids is 1. The first-order valence-corrected chi connectivity index (χ1v) is 7.95. The minimum absolute atomic E-state index is 0.254. The third kappa shape index (κ3) is 4.99. The summed E-state index contributed by atoms with van der Waals surface area (Å²) in [5.41, 5.74) is 2.48. The van der Waals surface area contributed by atoms with Crippen molar-refractivity contribution in [1.29, 1.82) is 0 Å². The number of anilines is 1. The Labute approximate surface area is 126 Å². The molecule has 0 amide bonds.